The Bertz CT molecular complexity index is 851. The molecule has 3 aromatic rings. The Hall–Kier alpha value is -2.29. The summed E-state index contributed by atoms with van der Waals surface area (Å²) >= 11 is 0. The molecule has 0 atom stereocenters. The number of fused-ring (bicyclic) bond motifs is 1. The first-order chi connectivity index (χ1) is 12.8. The molecule has 3 heterocycles. The molecule has 2 N–H and O–H groups in total. The van der Waals surface area contributed by atoms with E-state index >= 15 is 0 Å². The number of aliphatic imine (C=N–C) groups is 1. The molecule has 27 heavy (non-hydrogen) atoms. The van der Waals surface area contributed by atoms with Crippen LogP contribution in [-0.4, -0.2) is 54.1 Å². The van der Waals surface area contributed by atoms with Crippen molar-refractivity contribution in [3.63, 3.8) is 0 Å². The average molecular weight is 476 g/mol. The Labute approximate surface area is 176 Å². The maximum atomic E-state index is 4.46. The number of hydrogen-bond acceptors (Lipinski definition) is 3. The van der Waals surface area contributed by atoms with E-state index in [2.05, 4.69) is 66.5 Å². The van der Waals surface area contributed by atoms with Crippen molar-refractivity contribution in [3.05, 3.63) is 60.4 Å². The lowest BCUT2D eigenvalue weighted by atomic mass is 10.2. The molecule has 1 aliphatic rings. The first-order valence-electron chi connectivity index (χ1n) is 9.02. The van der Waals surface area contributed by atoms with Crippen LogP contribution in [0.5, 0.6) is 0 Å². The topological polar surface area (TPSA) is 59.6 Å². The van der Waals surface area contributed by atoms with Crippen LogP contribution in [0.2, 0.25) is 0 Å². The molecule has 0 unspecified atom stereocenters. The van der Waals surface area contributed by atoms with E-state index in [4.69, 9.17) is 0 Å². The predicted molar refractivity (Wildman–Crippen MR) is 122 cm³/mol. The Kier molecular flexibility index (Phi) is 6.54. The smallest absolute Gasteiger partial charge is 0.194 e. The van der Waals surface area contributed by atoms with E-state index in [-0.39, 0.29) is 24.0 Å². The summed E-state index contributed by atoms with van der Waals surface area (Å²) in [6.07, 6.45) is 1.85. The highest BCUT2D eigenvalue weighted by Crippen LogP contribution is 2.15. The number of para-hydroxylation sites is 1. The van der Waals surface area contributed by atoms with Crippen LogP contribution in [0.15, 0.2) is 59.7 Å². The lowest BCUT2D eigenvalue weighted by molar-refractivity contribution is 0.371. The molecule has 0 aliphatic carbocycles. The molecule has 1 aliphatic heterocycles. The zero-order valence-electron chi connectivity index (χ0n) is 15.4. The molecule has 0 radical (unpaired) electrons. The largest absolute Gasteiger partial charge is 0.357 e. The van der Waals surface area contributed by atoms with Gasteiger partial charge in [-0.1, -0.05) is 24.3 Å². The first-order valence-corrected chi connectivity index (χ1v) is 9.02. The fraction of sp³-hybridized carbons (Fsp3) is 0.300. The minimum absolute atomic E-state index is 0. The monoisotopic (exact) mass is 476 g/mol. The third kappa shape index (κ3) is 4.52. The zero-order chi connectivity index (χ0) is 17.8. The minimum atomic E-state index is 0. The van der Waals surface area contributed by atoms with Gasteiger partial charge < -0.3 is 20.1 Å². The summed E-state index contributed by atoms with van der Waals surface area (Å²) in [5.74, 6) is 2.00. The van der Waals surface area contributed by atoms with Gasteiger partial charge in [-0.15, -0.1) is 24.0 Å². The zero-order valence-corrected chi connectivity index (χ0v) is 17.8. The van der Waals surface area contributed by atoms with Crippen LogP contribution in [0.3, 0.4) is 0 Å². The van der Waals surface area contributed by atoms with Crippen molar-refractivity contribution in [2.75, 3.05) is 38.1 Å². The van der Waals surface area contributed by atoms with E-state index in [1.54, 1.807) is 0 Å². The fourth-order valence-electron chi connectivity index (χ4n) is 3.42. The third-order valence-electron chi connectivity index (χ3n) is 4.79. The molecule has 4 rings (SSSR count). The Morgan fingerprint density at radius 2 is 1.89 bits per heavy atom. The maximum Gasteiger partial charge on any atom is 0.194 e. The van der Waals surface area contributed by atoms with Gasteiger partial charge in [0.25, 0.3) is 0 Å². The number of nitrogens with zero attached hydrogens (tertiary/aromatic N) is 4. The number of aromatic amines is 1. The lowest BCUT2D eigenvalue weighted by Gasteiger charge is -2.37. The molecule has 1 fully saturated rings. The molecule has 6 nitrogen and oxygen atoms in total. The first kappa shape index (κ1) is 19.5. The predicted octanol–water partition coefficient (Wildman–Crippen LogP) is 3.08. The van der Waals surface area contributed by atoms with Gasteiger partial charge in [-0.3, -0.25) is 4.99 Å². The molecule has 7 heteroatoms. The Balaban J connectivity index is 0.00000210. The summed E-state index contributed by atoms with van der Waals surface area (Å²) in [6, 6.07) is 16.6. The molecular formula is C20H25IN6. The Morgan fingerprint density at radius 1 is 1.11 bits per heavy atom. The second-order valence-electron chi connectivity index (χ2n) is 6.44. The summed E-state index contributed by atoms with van der Waals surface area (Å²) in [4.78, 5) is 17.0. The van der Waals surface area contributed by atoms with E-state index in [9.17, 15) is 0 Å². The minimum Gasteiger partial charge on any atom is -0.357 e. The molecular weight excluding hydrogens is 451 g/mol. The van der Waals surface area contributed by atoms with Gasteiger partial charge in [-0.2, -0.15) is 0 Å². The van der Waals surface area contributed by atoms with Crippen molar-refractivity contribution in [2.45, 2.75) is 6.54 Å². The normalized spacial score (nSPS) is 14.9. The number of halogens is 1. The van der Waals surface area contributed by atoms with Crippen LogP contribution in [0.25, 0.3) is 10.9 Å². The van der Waals surface area contributed by atoms with E-state index < -0.39 is 0 Å². The van der Waals surface area contributed by atoms with E-state index in [1.165, 1.54) is 16.6 Å². The number of hydrogen-bond donors (Lipinski definition) is 2. The highest BCUT2D eigenvalue weighted by Gasteiger charge is 2.20. The van der Waals surface area contributed by atoms with E-state index in [1.807, 2.05) is 25.4 Å². The molecule has 0 spiro atoms. The van der Waals surface area contributed by atoms with Gasteiger partial charge in [-0.25, -0.2) is 4.98 Å². The van der Waals surface area contributed by atoms with Crippen LogP contribution in [-0.2, 0) is 6.54 Å². The second-order valence-corrected chi connectivity index (χ2v) is 6.44. The summed E-state index contributed by atoms with van der Waals surface area (Å²) < 4.78 is 0. The summed E-state index contributed by atoms with van der Waals surface area (Å²) in [7, 11) is 1.85. The summed E-state index contributed by atoms with van der Waals surface area (Å²) in [5, 5.41) is 4.72. The van der Waals surface area contributed by atoms with E-state index in [0.717, 1.165) is 44.5 Å². The van der Waals surface area contributed by atoms with Gasteiger partial charge >= 0.3 is 0 Å². The van der Waals surface area contributed by atoms with Crippen LogP contribution >= 0.6 is 24.0 Å². The number of benzene rings is 1. The molecule has 1 saturated heterocycles. The van der Waals surface area contributed by atoms with Gasteiger partial charge in [0, 0.05) is 50.6 Å². The van der Waals surface area contributed by atoms with Crippen LogP contribution in [0.4, 0.5) is 5.82 Å². The van der Waals surface area contributed by atoms with Crippen molar-refractivity contribution in [1.82, 2.24) is 20.2 Å². The van der Waals surface area contributed by atoms with Crippen LogP contribution < -0.4 is 10.2 Å². The van der Waals surface area contributed by atoms with Crippen molar-refractivity contribution < 1.29 is 0 Å². The Morgan fingerprint density at radius 3 is 2.59 bits per heavy atom. The molecule has 142 valence electrons. The quantitative estimate of drug-likeness (QED) is 0.347. The molecule has 2 aromatic heterocycles. The van der Waals surface area contributed by atoms with Crippen molar-refractivity contribution in [2.24, 2.45) is 4.99 Å². The number of aromatic nitrogens is 2. The number of rotatable bonds is 3. The number of guanidine groups is 1. The van der Waals surface area contributed by atoms with Gasteiger partial charge in [-0.05, 0) is 29.7 Å². The van der Waals surface area contributed by atoms with E-state index in [0.29, 0.717) is 0 Å². The number of pyridine rings is 1. The molecule has 0 saturated carbocycles. The second kappa shape index (κ2) is 9.07. The standard InChI is InChI=1S/C20H24N6.HI/c1-21-20(23-15-17-14-16-6-2-3-7-18(16)24-17)26-12-10-25(11-13-26)19-8-4-5-9-22-19;/h2-9,14,24H,10-13,15H2,1H3,(H,21,23);1H. The number of anilines is 1. The highest BCUT2D eigenvalue weighted by atomic mass is 127. The number of H-pyrrole nitrogens is 1. The summed E-state index contributed by atoms with van der Waals surface area (Å²) in [5.41, 5.74) is 2.34. The average Bonchev–Trinajstić information content (AvgIpc) is 3.12. The number of piperazine rings is 1. The molecule has 1 aromatic carbocycles. The van der Waals surface area contributed by atoms with Crippen LogP contribution in [0, 0.1) is 0 Å². The number of nitrogens with one attached hydrogen (secondary N) is 2. The summed E-state index contributed by atoms with van der Waals surface area (Å²) in [6.45, 7) is 4.50. The van der Waals surface area contributed by atoms with Crippen LogP contribution in [0.1, 0.15) is 5.69 Å². The third-order valence-corrected chi connectivity index (χ3v) is 4.79. The van der Waals surface area contributed by atoms with Crippen molar-refractivity contribution in [3.8, 4) is 0 Å². The SMILES string of the molecule is CN=C(NCc1cc2ccccc2[nH]1)N1CCN(c2ccccn2)CC1.I. The van der Waals surface area contributed by atoms with Gasteiger partial charge in [0.2, 0.25) is 0 Å². The van der Waals surface area contributed by atoms with Gasteiger partial charge in [0.1, 0.15) is 5.82 Å². The molecule has 0 bridgehead atoms. The maximum absolute atomic E-state index is 4.46. The van der Waals surface area contributed by atoms with Crippen molar-refractivity contribution in [1.29, 1.82) is 0 Å². The molecule has 0 amide bonds. The highest BCUT2D eigenvalue weighted by molar-refractivity contribution is 14.0. The van der Waals surface area contributed by atoms with Gasteiger partial charge in [0.15, 0.2) is 5.96 Å². The lowest BCUT2D eigenvalue weighted by Crippen LogP contribution is -2.52. The van der Waals surface area contributed by atoms with Gasteiger partial charge in [0.05, 0.1) is 6.54 Å². The fourth-order valence-corrected chi connectivity index (χ4v) is 3.42. The van der Waals surface area contributed by atoms with Crippen molar-refractivity contribution >= 4 is 46.7 Å².